The third-order valence-corrected chi connectivity index (χ3v) is 5.66. The van der Waals surface area contributed by atoms with Crippen LogP contribution >= 0.6 is 0 Å². The first kappa shape index (κ1) is 14.6. The van der Waals surface area contributed by atoms with Gasteiger partial charge in [0, 0.05) is 12.3 Å². The predicted molar refractivity (Wildman–Crippen MR) is 75.7 cm³/mol. The van der Waals surface area contributed by atoms with Gasteiger partial charge in [-0.15, -0.1) is 0 Å². The van der Waals surface area contributed by atoms with Gasteiger partial charge in [-0.3, -0.25) is 4.90 Å². The molecular weight excluding hydrogens is 262 g/mol. The molecule has 4 nitrogen and oxygen atoms in total. The van der Waals surface area contributed by atoms with Crippen molar-refractivity contribution in [1.82, 2.24) is 4.90 Å². The summed E-state index contributed by atoms with van der Waals surface area (Å²) in [6.45, 7) is 5.51. The molecule has 0 saturated carbocycles. The molecule has 0 radical (unpaired) electrons. The van der Waals surface area contributed by atoms with Crippen LogP contribution in [0.1, 0.15) is 38.5 Å². The van der Waals surface area contributed by atoms with E-state index in [0.717, 1.165) is 25.1 Å². The topological polar surface area (TPSA) is 50.5 Å². The van der Waals surface area contributed by atoms with E-state index in [1.165, 1.54) is 0 Å². The molecule has 1 aromatic rings. The van der Waals surface area contributed by atoms with E-state index in [1.54, 1.807) is 13.2 Å². The maximum atomic E-state index is 11.6. The quantitative estimate of drug-likeness (QED) is 0.834. The Balaban J connectivity index is 2.04. The van der Waals surface area contributed by atoms with E-state index < -0.39 is 9.84 Å². The first-order chi connectivity index (χ1) is 9.02. The molecule has 0 N–H and O–H groups in total. The number of likely N-dealkylation sites (tertiary alicyclic amines) is 1. The van der Waals surface area contributed by atoms with Crippen LogP contribution in [0, 0.1) is 5.92 Å². The fourth-order valence-corrected chi connectivity index (χ4v) is 3.44. The summed E-state index contributed by atoms with van der Waals surface area (Å²) in [5, 5.41) is 0. The lowest BCUT2D eigenvalue weighted by Crippen LogP contribution is -2.39. The molecule has 1 fully saturated rings. The van der Waals surface area contributed by atoms with Gasteiger partial charge >= 0.3 is 0 Å². The lowest BCUT2D eigenvalue weighted by molar-refractivity contribution is 0.109. The molecule has 1 aromatic heterocycles. The summed E-state index contributed by atoms with van der Waals surface area (Å²) in [6, 6.07) is 4.12. The van der Waals surface area contributed by atoms with Crippen LogP contribution in [0.15, 0.2) is 22.8 Å². The fourth-order valence-electron chi connectivity index (χ4n) is 2.64. The molecule has 0 spiro atoms. The summed E-state index contributed by atoms with van der Waals surface area (Å²) in [5.41, 5.74) is 0. The molecule has 1 aliphatic rings. The van der Waals surface area contributed by atoms with Crippen molar-refractivity contribution < 1.29 is 12.8 Å². The molecule has 1 aliphatic heterocycles. The van der Waals surface area contributed by atoms with Gasteiger partial charge in [-0.25, -0.2) is 8.42 Å². The normalized spacial score (nSPS) is 25.6. The van der Waals surface area contributed by atoms with Crippen molar-refractivity contribution in [2.24, 2.45) is 5.92 Å². The predicted octanol–water partition coefficient (Wildman–Crippen LogP) is 2.49. The number of piperidine rings is 1. The van der Waals surface area contributed by atoms with E-state index in [2.05, 4.69) is 11.8 Å². The first-order valence-electron chi connectivity index (χ1n) is 6.99. The Morgan fingerprint density at radius 2 is 2.26 bits per heavy atom. The van der Waals surface area contributed by atoms with E-state index in [1.807, 2.05) is 12.1 Å². The molecule has 19 heavy (non-hydrogen) atoms. The van der Waals surface area contributed by atoms with Crippen molar-refractivity contribution >= 4 is 9.84 Å². The summed E-state index contributed by atoms with van der Waals surface area (Å²) in [4.78, 5) is 2.26. The molecule has 5 heteroatoms. The minimum absolute atomic E-state index is 0.225. The zero-order valence-electron chi connectivity index (χ0n) is 11.7. The Morgan fingerprint density at radius 3 is 2.89 bits per heavy atom. The average Bonchev–Trinajstić information content (AvgIpc) is 2.91. The number of rotatable bonds is 5. The van der Waals surface area contributed by atoms with Gasteiger partial charge in [-0.05, 0) is 37.4 Å². The van der Waals surface area contributed by atoms with Gasteiger partial charge in [0.2, 0.25) is 0 Å². The highest BCUT2D eigenvalue weighted by molar-refractivity contribution is 7.91. The van der Waals surface area contributed by atoms with Crippen LogP contribution in [-0.4, -0.2) is 37.9 Å². The SMILES string of the molecule is CCS(=O)(=O)CCN1CC[C@H](C)C[C@H]1c1ccco1. The molecule has 0 amide bonds. The van der Waals surface area contributed by atoms with Gasteiger partial charge in [0.15, 0.2) is 9.84 Å². The van der Waals surface area contributed by atoms with Gasteiger partial charge in [0.05, 0.1) is 18.1 Å². The van der Waals surface area contributed by atoms with Crippen molar-refractivity contribution in [3.8, 4) is 0 Å². The second-order valence-corrected chi connectivity index (χ2v) is 7.91. The van der Waals surface area contributed by atoms with E-state index in [4.69, 9.17) is 4.42 Å². The molecule has 2 atom stereocenters. The maximum Gasteiger partial charge on any atom is 0.151 e. The number of furan rings is 1. The second-order valence-electron chi connectivity index (χ2n) is 5.43. The lowest BCUT2D eigenvalue weighted by Gasteiger charge is -2.37. The summed E-state index contributed by atoms with van der Waals surface area (Å²) in [6.07, 6.45) is 3.86. The van der Waals surface area contributed by atoms with Crippen LogP contribution in [-0.2, 0) is 9.84 Å². The van der Waals surface area contributed by atoms with E-state index >= 15 is 0 Å². The molecule has 108 valence electrons. The van der Waals surface area contributed by atoms with Crippen LogP contribution < -0.4 is 0 Å². The molecule has 2 rings (SSSR count). The third-order valence-electron chi connectivity index (χ3n) is 3.98. The van der Waals surface area contributed by atoms with Crippen LogP contribution in [0.4, 0.5) is 0 Å². The molecular formula is C14H23NO3S. The van der Waals surface area contributed by atoms with Gasteiger partial charge in [-0.1, -0.05) is 13.8 Å². The smallest absolute Gasteiger partial charge is 0.151 e. The van der Waals surface area contributed by atoms with Crippen molar-refractivity contribution in [3.63, 3.8) is 0 Å². The summed E-state index contributed by atoms with van der Waals surface area (Å²) in [7, 11) is -2.90. The van der Waals surface area contributed by atoms with E-state index in [0.29, 0.717) is 12.5 Å². The molecule has 0 unspecified atom stereocenters. The number of sulfone groups is 1. The Morgan fingerprint density at radius 1 is 1.47 bits per heavy atom. The van der Waals surface area contributed by atoms with E-state index in [-0.39, 0.29) is 17.5 Å². The van der Waals surface area contributed by atoms with Crippen LogP contribution in [0.3, 0.4) is 0 Å². The standard InChI is InChI=1S/C14H23NO3S/c1-3-19(16,17)10-8-15-7-6-12(2)11-13(15)14-5-4-9-18-14/h4-5,9,12-13H,3,6-8,10-11H2,1-2H3/t12-,13-/m0/s1. The van der Waals surface area contributed by atoms with Gasteiger partial charge < -0.3 is 4.42 Å². The Labute approximate surface area is 115 Å². The zero-order valence-corrected chi connectivity index (χ0v) is 12.5. The summed E-state index contributed by atoms with van der Waals surface area (Å²) >= 11 is 0. The van der Waals surface area contributed by atoms with Crippen molar-refractivity contribution in [3.05, 3.63) is 24.2 Å². The highest BCUT2D eigenvalue weighted by Crippen LogP contribution is 2.33. The summed E-state index contributed by atoms with van der Waals surface area (Å²) < 4.78 is 28.8. The monoisotopic (exact) mass is 285 g/mol. The Kier molecular flexibility index (Phi) is 4.68. The highest BCUT2D eigenvalue weighted by atomic mass is 32.2. The minimum Gasteiger partial charge on any atom is -0.468 e. The average molecular weight is 285 g/mol. The molecule has 0 bridgehead atoms. The van der Waals surface area contributed by atoms with Crippen LogP contribution in [0.2, 0.25) is 0 Å². The Hall–Kier alpha value is -0.810. The number of nitrogens with zero attached hydrogens (tertiary/aromatic N) is 1. The highest BCUT2D eigenvalue weighted by Gasteiger charge is 2.29. The first-order valence-corrected chi connectivity index (χ1v) is 8.82. The maximum absolute atomic E-state index is 11.6. The molecule has 1 saturated heterocycles. The molecule has 2 heterocycles. The zero-order chi connectivity index (χ0) is 13.9. The lowest BCUT2D eigenvalue weighted by atomic mass is 9.91. The largest absolute Gasteiger partial charge is 0.468 e. The summed E-state index contributed by atoms with van der Waals surface area (Å²) in [5.74, 6) is 2.09. The van der Waals surface area contributed by atoms with Gasteiger partial charge in [0.1, 0.15) is 5.76 Å². The number of hydrogen-bond donors (Lipinski definition) is 0. The molecule has 0 aromatic carbocycles. The third kappa shape index (κ3) is 3.83. The molecule has 0 aliphatic carbocycles. The number of hydrogen-bond acceptors (Lipinski definition) is 4. The minimum atomic E-state index is -2.90. The van der Waals surface area contributed by atoms with Crippen molar-refractivity contribution in [1.29, 1.82) is 0 Å². The van der Waals surface area contributed by atoms with Crippen LogP contribution in [0.5, 0.6) is 0 Å². The van der Waals surface area contributed by atoms with Crippen molar-refractivity contribution in [2.75, 3.05) is 24.6 Å². The Bertz CT molecular complexity index is 481. The van der Waals surface area contributed by atoms with Crippen molar-refractivity contribution in [2.45, 2.75) is 32.7 Å². The second kappa shape index (κ2) is 6.09. The van der Waals surface area contributed by atoms with Gasteiger partial charge in [-0.2, -0.15) is 0 Å². The van der Waals surface area contributed by atoms with E-state index in [9.17, 15) is 8.42 Å². The fraction of sp³-hybridized carbons (Fsp3) is 0.714. The van der Waals surface area contributed by atoms with Gasteiger partial charge in [0.25, 0.3) is 0 Å². The van der Waals surface area contributed by atoms with Crippen LogP contribution in [0.25, 0.3) is 0 Å².